The number of aliphatic carboxylic acids is 1. The number of methoxy groups -OCH3 is 1. The van der Waals surface area contributed by atoms with Crippen LogP contribution in [0.15, 0.2) is 36.4 Å². The Balaban J connectivity index is 2.12. The van der Waals surface area contributed by atoms with Crippen molar-refractivity contribution in [2.24, 2.45) is 0 Å². The molecule has 1 atom stereocenters. The Morgan fingerprint density at radius 2 is 1.80 bits per heavy atom. The molecule has 1 aliphatic rings. The molecular formula is C15H12F2O3. The highest BCUT2D eigenvalue weighted by Gasteiger charge is 2.77. The third-order valence-corrected chi connectivity index (χ3v) is 3.89. The van der Waals surface area contributed by atoms with Crippen LogP contribution >= 0.6 is 0 Å². The third kappa shape index (κ3) is 1.59. The molecule has 0 radical (unpaired) electrons. The van der Waals surface area contributed by atoms with E-state index in [0.29, 0.717) is 11.1 Å². The molecule has 2 aromatic carbocycles. The maximum Gasteiger partial charge on any atom is 0.320 e. The van der Waals surface area contributed by atoms with Crippen LogP contribution in [0.3, 0.4) is 0 Å². The van der Waals surface area contributed by atoms with Gasteiger partial charge in [-0.3, -0.25) is 4.79 Å². The zero-order valence-corrected chi connectivity index (χ0v) is 10.7. The third-order valence-electron chi connectivity index (χ3n) is 3.89. The number of hydrogen-bond donors (Lipinski definition) is 1. The Labute approximate surface area is 113 Å². The number of alkyl halides is 2. The number of ether oxygens (including phenoxy) is 1. The predicted molar refractivity (Wildman–Crippen MR) is 69.4 cm³/mol. The first-order chi connectivity index (χ1) is 9.40. The predicted octanol–water partition coefficient (Wildman–Crippen LogP) is 3.21. The molecule has 1 unspecified atom stereocenters. The summed E-state index contributed by atoms with van der Waals surface area (Å²) >= 11 is 0. The lowest BCUT2D eigenvalue weighted by Gasteiger charge is -2.13. The van der Waals surface area contributed by atoms with Crippen LogP contribution in [0, 0.1) is 0 Å². The summed E-state index contributed by atoms with van der Waals surface area (Å²) in [4.78, 5) is 11.2. The van der Waals surface area contributed by atoms with Crippen LogP contribution in [0.4, 0.5) is 8.78 Å². The van der Waals surface area contributed by atoms with Crippen LogP contribution < -0.4 is 4.74 Å². The van der Waals surface area contributed by atoms with Crippen molar-refractivity contribution >= 4 is 16.7 Å². The first-order valence-corrected chi connectivity index (χ1v) is 6.10. The standard InChI is InChI=1S/C15H12F2O3/c1-20-12-5-3-9-6-11(4-2-10(9)7-12)14(13(18)19)8-15(14,16)17/h2-7H,8H2,1H3,(H,18,19). The normalized spacial score (nSPS) is 23.6. The number of fused-ring (bicyclic) bond motifs is 1. The fraction of sp³-hybridized carbons (Fsp3) is 0.267. The van der Waals surface area contributed by atoms with Gasteiger partial charge in [0.25, 0.3) is 5.92 Å². The zero-order chi connectivity index (χ0) is 14.5. The van der Waals surface area contributed by atoms with Crippen LogP contribution in [0.2, 0.25) is 0 Å². The summed E-state index contributed by atoms with van der Waals surface area (Å²) in [6.45, 7) is 0. The van der Waals surface area contributed by atoms with E-state index in [9.17, 15) is 13.6 Å². The lowest BCUT2D eigenvalue weighted by Crippen LogP contribution is -2.26. The van der Waals surface area contributed by atoms with Crippen molar-refractivity contribution in [2.45, 2.75) is 17.8 Å². The second-order valence-electron chi connectivity index (χ2n) is 5.02. The molecule has 0 bridgehead atoms. The van der Waals surface area contributed by atoms with Gasteiger partial charge in [0.2, 0.25) is 0 Å². The molecule has 5 heteroatoms. The summed E-state index contributed by atoms with van der Waals surface area (Å²) in [5.74, 6) is -4.00. The van der Waals surface area contributed by atoms with Gasteiger partial charge in [-0.15, -0.1) is 0 Å². The lowest BCUT2D eigenvalue weighted by atomic mass is 9.93. The van der Waals surface area contributed by atoms with Gasteiger partial charge in [-0.25, -0.2) is 8.78 Å². The highest BCUT2D eigenvalue weighted by Crippen LogP contribution is 2.61. The van der Waals surface area contributed by atoms with Crippen LogP contribution in [-0.4, -0.2) is 24.1 Å². The summed E-state index contributed by atoms with van der Waals surface area (Å²) in [6.07, 6.45) is -0.642. The van der Waals surface area contributed by atoms with Gasteiger partial charge in [-0.05, 0) is 34.5 Å². The van der Waals surface area contributed by atoms with Gasteiger partial charge in [0.1, 0.15) is 5.75 Å². The summed E-state index contributed by atoms with van der Waals surface area (Å²) in [5, 5.41) is 10.7. The van der Waals surface area contributed by atoms with Gasteiger partial charge in [-0.1, -0.05) is 18.2 Å². The van der Waals surface area contributed by atoms with E-state index >= 15 is 0 Å². The Kier molecular flexibility index (Phi) is 2.51. The van der Waals surface area contributed by atoms with Crippen molar-refractivity contribution in [3.05, 3.63) is 42.0 Å². The number of benzene rings is 2. The highest BCUT2D eigenvalue weighted by molar-refractivity contribution is 5.91. The number of halogens is 2. The second-order valence-corrected chi connectivity index (χ2v) is 5.02. The summed E-state index contributed by atoms with van der Waals surface area (Å²) in [5.41, 5.74) is -1.92. The van der Waals surface area contributed by atoms with Crippen molar-refractivity contribution in [3.8, 4) is 5.75 Å². The molecule has 2 aromatic rings. The Bertz CT molecular complexity index is 711. The van der Waals surface area contributed by atoms with Gasteiger partial charge >= 0.3 is 5.97 Å². The van der Waals surface area contributed by atoms with E-state index in [4.69, 9.17) is 9.84 Å². The van der Waals surface area contributed by atoms with Crippen LogP contribution in [0.25, 0.3) is 10.8 Å². The number of rotatable bonds is 3. The van der Waals surface area contributed by atoms with E-state index < -0.39 is 23.7 Å². The van der Waals surface area contributed by atoms with Gasteiger partial charge < -0.3 is 9.84 Å². The molecule has 0 aliphatic heterocycles. The van der Waals surface area contributed by atoms with Crippen molar-refractivity contribution in [1.82, 2.24) is 0 Å². The zero-order valence-electron chi connectivity index (χ0n) is 10.7. The van der Waals surface area contributed by atoms with Crippen molar-refractivity contribution < 1.29 is 23.4 Å². The summed E-state index contributed by atoms with van der Waals surface area (Å²) in [6, 6.07) is 9.84. The van der Waals surface area contributed by atoms with Crippen molar-refractivity contribution in [3.63, 3.8) is 0 Å². The molecule has 1 N–H and O–H groups in total. The number of carboxylic acids is 1. The molecule has 104 valence electrons. The largest absolute Gasteiger partial charge is 0.497 e. The molecule has 0 heterocycles. The Morgan fingerprint density at radius 1 is 1.20 bits per heavy atom. The van der Waals surface area contributed by atoms with Crippen molar-refractivity contribution in [2.75, 3.05) is 7.11 Å². The fourth-order valence-corrected chi connectivity index (χ4v) is 2.57. The van der Waals surface area contributed by atoms with E-state index in [1.54, 1.807) is 31.4 Å². The average Bonchev–Trinajstić information content (AvgIpc) is 3.02. The molecule has 1 aliphatic carbocycles. The highest BCUT2D eigenvalue weighted by atomic mass is 19.3. The van der Waals surface area contributed by atoms with Crippen LogP contribution in [0.5, 0.6) is 5.75 Å². The quantitative estimate of drug-likeness (QED) is 0.937. The minimum absolute atomic E-state index is 0.146. The molecular weight excluding hydrogens is 266 g/mol. The smallest absolute Gasteiger partial charge is 0.320 e. The van der Waals surface area contributed by atoms with Gasteiger partial charge in [-0.2, -0.15) is 0 Å². The molecule has 1 saturated carbocycles. The fourth-order valence-electron chi connectivity index (χ4n) is 2.57. The van der Waals surface area contributed by atoms with Crippen LogP contribution in [0.1, 0.15) is 12.0 Å². The molecule has 1 fully saturated rings. The van der Waals surface area contributed by atoms with E-state index in [1.807, 2.05) is 0 Å². The molecule has 3 nitrogen and oxygen atoms in total. The molecule has 0 saturated heterocycles. The summed E-state index contributed by atoms with van der Waals surface area (Å²) < 4.78 is 32.1. The van der Waals surface area contributed by atoms with Gasteiger partial charge in [0.05, 0.1) is 7.11 Å². The topological polar surface area (TPSA) is 46.5 Å². The lowest BCUT2D eigenvalue weighted by molar-refractivity contribution is -0.142. The van der Waals surface area contributed by atoms with Gasteiger partial charge in [0, 0.05) is 6.42 Å². The molecule has 3 rings (SSSR count). The van der Waals surface area contributed by atoms with Crippen molar-refractivity contribution in [1.29, 1.82) is 0 Å². The summed E-state index contributed by atoms with van der Waals surface area (Å²) in [7, 11) is 1.54. The van der Waals surface area contributed by atoms with E-state index in [1.165, 1.54) is 12.1 Å². The molecule has 20 heavy (non-hydrogen) atoms. The van der Waals surface area contributed by atoms with Crippen LogP contribution in [-0.2, 0) is 10.2 Å². The van der Waals surface area contributed by atoms with E-state index in [0.717, 1.165) is 5.39 Å². The molecule has 0 spiro atoms. The Hall–Kier alpha value is -2.17. The minimum atomic E-state index is -3.18. The number of carbonyl (C=O) groups is 1. The monoisotopic (exact) mass is 278 g/mol. The number of carboxylic acid groups (broad SMARTS) is 1. The van der Waals surface area contributed by atoms with E-state index in [-0.39, 0.29) is 5.56 Å². The first-order valence-electron chi connectivity index (χ1n) is 6.10. The Morgan fingerprint density at radius 3 is 2.35 bits per heavy atom. The number of hydrogen-bond acceptors (Lipinski definition) is 2. The second kappa shape index (κ2) is 3.91. The maximum absolute atomic E-state index is 13.5. The van der Waals surface area contributed by atoms with E-state index in [2.05, 4.69) is 0 Å². The molecule has 0 amide bonds. The average molecular weight is 278 g/mol. The SMILES string of the molecule is COc1ccc2cc(C3(C(=O)O)CC3(F)F)ccc2c1. The first kappa shape index (κ1) is 12.8. The van der Waals surface area contributed by atoms with Gasteiger partial charge in [0.15, 0.2) is 5.41 Å². The minimum Gasteiger partial charge on any atom is -0.497 e. The maximum atomic E-state index is 13.5. The molecule has 0 aromatic heterocycles.